The Labute approximate surface area is 128 Å². The Kier molecular flexibility index (Phi) is 6.40. The van der Waals surface area contributed by atoms with E-state index in [9.17, 15) is 0 Å². The third-order valence-electron chi connectivity index (χ3n) is 4.46. The third kappa shape index (κ3) is 4.80. The Morgan fingerprint density at radius 3 is 2.40 bits per heavy atom. The first-order valence-electron chi connectivity index (χ1n) is 7.76. The maximum absolute atomic E-state index is 3.41. The minimum absolute atomic E-state index is 0.751. The van der Waals surface area contributed by atoms with Crippen LogP contribution in [0.15, 0.2) is 29.2 Å². The van der Waals surface area contributed by atoms with Gasteiger partial charge in [0.2, 0.25) is 0 Å². The van der Waals surface area contributed by atoms with E-state index in [0.29, 0.717) is 0 Å². The molecule has 112 valence electrons. The Morgan fingerprint density at radius 2 is 1.80 bits per heavy atom. The van der Waals surface area contributed by atoms with Crippen LogP contribution in [0.3, 0.4) is 0 Å². The smallest absolute Gasteiger partial charge is 0.0108 e. The van der Waals surface area contributed by atoms with Gasteiger partial charge in [-0.15, -0.1) is 11.8 Å². The number of thioether (sulfide) groups is 1. The highest BCUT2D eigenvalue weighted by Gasteiger charge is 2.22. The van der Waals surface area contributed by atoms with Gasteiger partial charge in [0, 0.05) is 29.3 Å². The first-order chi connectivity index (χ1) is 9.69. The van der Waals surface area contributed by atoms with Crippen molar-refractivity contribution in [1.82, 2.24) is 10.2 Å². The molecule has 1 fully saturated rings. The highest BCUT2D eigenvalue weighted by atomic mass is 32.2. The summed E-state index contributed by atoms with van der Waals surface area (Å²) in [5.41, 5.74) is 1.34. The zero-order valence-electron chi connectivity index (χ0n) is 13.1. The van der Waals surface area contributed by atoms with Gasteiger partial charge in [0.05, 0.1) is 0 Å². The number of aryl methyl sites for hydroxylation is 1. The summed E-state index contributed by atoms with van der Waals surface area (Å²) in [5.74, 6) is 1.19. The predicted molar refractivity (Wildman–Crippen MR) is 89.6 cm³/mol. The maximum atomic E-state index is 3.41. The molecule has 1 N–H and O–H groups in total. The molecule has 3 heteroatoms. The molecule has 1 aromatic carbocycles. The van der Waals surface area contributed by atoms with Gasteiger partial charge >= 0.3 is 0 Å². The predicted octanol–water partition coefficient (Wildman–Crippen LogP) is 3.55. The van der Waals surface area contributed by atoms with Gasteiger partial charge in [-0.05, 0) is 58.8 Å². The lowest BCUT2D eigenvalue weighted by Gasteiger charge is -2.34. The molecule has 1 aromatic rings. The fourth-order valence-electron chi connectivity index (χ4n) is 2.93. The van der Waals surface area contributed by atoms with Crippen molar-refractivity contribution in [1.29, 1.82) is 0 Å². The summed E-state index contributed by atoms with van der Waals surface area (Å²) < 4.78 is 0. The monoisotopic (exact) mass is 292 g/mol. The van der Waals surface area contributed by atoms with Gasteiger partial charge < -0.3 is 10.2 Å². The molecule has 0 radical (unpaired) electrons. The van der Waals surface area contributed by atoms with Crippen LogP contribution in [-0.4, -0.2) is 43.4 Å². The highest BCUT2D eigenvalue weighted by Crippen LogP contribution is 2.23. The van der Waals surface area contributed by atoms with E-state index in [4.69, 9.17) is 0 Å². The lowest BCUT2D eigenvalue weighted by Crippen LogP contribution is -2.40. The van der Waals surface area contributed by atoms with Crippen LogP contribution in [0.5, 0.6) is 0 Å². The van der Waals surface area contributed by atoms with Gasteiger partial charge in [-0.3, -0.25) is 0 Å². The van der Waals surface area contributed by atoms with E-state index in [-0.39, 0.29) is 0 Å². The van der Waals surface area contributed by atoms with Gasteiger partial charge in [-0.1, -0.05) is 17.7 Å². The summed E-state index contributed by atoms with van der Waals surface area (Å²) in [6.45, 7) is 3.33. The Hall–Kier alpha value is -0.510. The Bertz CT molecular complexity index is 382. The SMILES string of the molecule is CNC1CCC(N(C)CCSc2ccc(C)cc2)CC1. The topological polar surface area (TPSA) is 15.3 Å². The number of nitrogens with zero attached hydrogens (tertiary/aromatic N) is 1. The van der Waals surface area contributed by atoms with Crippen molar-refractivity contribution >= 4 is 11.8 Å². The largest absolute Gasteiger partial charge is 0.317 e. The standard InChI is InChI=1S/C17H28N2S/c1-14-4-10-17(11-5-14)20-13-12-19(3)16-8-6-15(18-2)7-9-16/h4-5,10-11,15-16,18H,6-9,12-13H2,1-3H3. The van der Waals surface area contributed by atoms with Crippen molar-refractivity contribution in [2.45, 2.75) is 49.6 Å². The Morgan fingerprint density at radius 1 is 1.15 bits per heavy atom. The van der Waals surface area contributed by atoms with Crippen molar-refractivity contribution in [3.63, 3.8) is 0 Å². The van der Waals surface area contributed by atoms with Crippen molar-refractivity contribution in [3.05, 3.63) is 29.8 Å². The second-order valence-corrected chi connectivity index (χ2v) is 7.10. The lowest BCUT2D eigenvalue weighted by atomic mass is 9.90. The van der Waals surface area contributed by atoms with Crippen LogP contribution < -0.4 is 5.32 Å². The van der Waals surface area contributed by atoms with Gasteiger partial charge in [0.15, 0.2) is 0 Å². The molecule has 1 aliphatic carbocycles. The van der Waals surface area contributed by atoms with E-state index >= 15 is 0 Å². The normalized spacial score (nSPS) is 23.2. The molecule has 0 saturated heterocycles. The number of benzene rings is 1. The number of hydrogen-bond acceptors (Lipinski definition) is 3. The molecule has 0 spiro atoms. The van der Waals surface area contributed by atoms with Crippen LogP contribution in [0.2, 0.25) is 0 Å². The van der Waals surface area contributed by atoms with Crippen LogP contribution in [0.4, 0.5) is 0 Å². The van der Waals surface area contributed by atoms with Crippen LogP contribution in [0, 0.1) is 6.92 Å². The van der Waals surface area contributed by atoms with Gasteiger partial charge in [0.1, 0.15) is 0 Å². The second kappa shape index (κ2) is 8.06. The fraction of sp³-hybridized carbons (Fsp3) is 0.647. The number of hydrogen-bond donors (Lipinski definition) is 1. The summed E-state index contributed by atoms with van der Waals surface area (Å²) in [6, 6.07) is 10.4. The molecule has 0 amide bonds. The van der Waals surface area contributed by atoms with E-state index in [0.717, 1.165) is 12.1 Å². The quantitative estimate of drug-likeness (QED) is 0.807. The van der Waals surface area contributed by atoms with Crippen LogP contribution in [0.25, 0.3) is 0 Å². The molecule has 2 nitrogen and oxygen atoms in total. The minimum atomic E-state index is 0.751. The van der Waals surface area contributed by atoms with Crippen LogP contribution in [0.1, 0.15) is 31.2 Å². The molecule has 0 heterocycles. The van der Waals surface area contributed by atoms with Crippen molar-refractivity contribution in [2.24, 2.45) is 0 Å². The van der Waals surface area contributed by atoms with E-state index in [1.165, 1.54) is 48.4 Å². The summed E-state index contributed by atoms with van der Waals surface area (Å²) >= 11 is 1.97. The van der Waals surface area contributed by atoms with E-state index < -0.39 is 0 Å². The van der Waals surface area contributed by atoms with Gasteiger partial charge in [-0.25, -0.2) is 0 Å². The molecule has 20 heavy (non-hydrogen) atoms. The van der Waals surface area contributed by atoms with E-state index in [1.54, 1.807) is 0 Å². The molecule has 0 aliphatic heterocycles. The van der Waals surface area contributed by atoms with Crippen molar-refractivity contribution in [3.8, 4) is 0 Å². The molecule has 0 bridgehead atoms. The van der Waals surface area contributed by atoms with Crippen LogP contribution >= 0.6 is 11.8 Å². The molecule has 1 saturated carbocycles. The first-order valence-corrected chi connectivity index (χ1v) is 8.74. The molecule has 2 rings (SSSR count). The molecule has 0 atom stereocenters. The average molecular weight is 292 g/mol. The molecule has 0 unspecified atom stereocenters. The second-order valence-electron chi connectivity index (χ2n) is 5.94. The molecular formula is C17H28N2S. The molecular weight excluding hydrogens is 264 g/mol. The van der Waals surface area contributed by atoms with Gasteiger partial charge in [-0.2, -0.15) is 0 Å². The highest BCUT2D eigenvalue weighted by molar-refractivity contribution is 7.99. The molecule has 0 aromatic heterocycles. The maximum Gasteiger partial charge on any atom is 0.0108 e. The number of rotatable bonds is 6. The zero-order chi connectivity index (χ0) is 14.4. The lowest BCUT2D eigenvalue weighted by molar-refractivity contribution is 0.185. The fourth-order valence-corrected chi connectivity index (χ4v) is 3.87. The Balaban J connectivity index is 1.67. The van der Waals surface area contributed by atoms with Crippen molar-refractivity contribution < 1.29 is 0 Å². The zero-order valence-corrected chi connectivity index (χ0v) is 13.9. The summed E-state index contributed by atoms with van der Waals surface area (Å²) in [6.07, 6.45) is 5.35. The van der Waals surface area contributed by atoms with E-state index in [1.807, 2.05) is 11.8 Å². The summed E-state index contributed by atoms with van der Waals surface area (Å²) in [7, 11) is 4.38. The third-order valence-corrected chi connectivity index (χ3v) is 5.45. The number of nitrogens with one attached hydrogen (secondary N) is 1. The summed E-state index contributed by atoms with van der Waals surface area (Å²) in [4.78, 5) is 3.95. The van der Waals surface area contributed by atoms with E-state index in [2.05, 4.69) is 55.5 Å². The molecule has 1 aliphatic rings. The minimum Gasteiger partial charge on any atom is -0.317 e. The average Bonchev–Trinajstić information content (AvgIpc) is 2.49. The van der Waals surface area contributed by atoms with Gasteiger partial charge in [0.25, 0.3) is 0 Å². The first kappa shape index (κ1) is 15.9. The van der Waals surface area contributed by atoms with Crippen molar-refractivity contribution in [2.75, 3.05) is 26.4 Å². The van der Waals surface area contributed by atoms with Crippen LogP contribution in [-0.2, 0) is 0 Å². The summed E-state index contributed by atoms with van der Waals surface area (Å²) in [5, 5.41) is 3.41.